The molecule has 0 saturated carbocycles. The number of carbonyl (C=O) groups is 3. The van der Waals surface area contributed by atoms with Gasteiger partial charge in [0.1, 0.15) is 22.4 Å². The number of carbonyl (C=O) groups excluding carboxylic acids is 3. The Morgan fingerprint density at radius 1 is 0.755 bits per heavy atom. The van der Waals surface area contributed by atoms with E-state index >= 15 is 0 Å². The zero-order valence-electron chi connectivity index (χ0n) is 26.4. The van der Waals surface area contributed by atoms with E-state index in [4.69, 9.17) is 32.7 Å². The first-order chi connectivity index (χ1) is 23.7. The van der Waals surface area contributed by atoms with Crippen LogP contribution in [0.4, 0.5) is 11.4 Å². The summed E-state index contributed by atoms with van der Waals surface area (Å²) in [4.78, 5) is 41.3. The zero-order chi connectivity index (χ0) is 34.8. The van der Waals surface area contributed by atoms with Crippen molar-refractivity contribution in [3.8, 4) is 11.5 Å². The Morgan fingerprint density at radius 3 is 2.20 bits per heavy atom. The first kappa shape index (κ1) is 35.1. The first-order valence-corrected chi connectivity index (χ1v) is 16.6. The van der Waals surface area contributed by atoms with Crippen molar-refractivity contribution in [2.75, 3.05) is 24.9 Å². The van der Waals surface area contributed by atoms with E-state index in [0.29, 0.717) is 48.9 Å². The van der Waals surface area contributed by atoms with Gasteiger partial charge in [0.2, 0.25) is 5.91 Å². The van der Waals surface area contributed by atoms with Crippen molar-refractivity contribution in [3.05, 3.63) is 154 Å². The molecule has 1 atom stereocenters. The number of hydrogen-bond acceptors (Lipinski definition) is 6. The van der Waals surface area contributed by atoms with Gasteiger partial charge in [-0.2, -0.15) is 0 Å². The average molecular weight is 713 g/mol. The number of nitrogens with one attached hydrogen (secondary N) is 3. The number of halogens is 2. The van der Waals surface area contributed by atoms with Gasteiger partial charge in [-0.25, -0.2) is 0 Å². The van der Waals surface area contributed by atoms with Gasteiger partial charge in [0.25, 0.3) is 11.8 Å². The average Bonchev–Trinajstić information content (AvgIpc) is 3.12. The van der Waals surface area contributed by atoms with E-state index in [-0.39, 0.29) is 11.6 Å². The Balaban J connectivity index is 1.42. The molecule has 5 aromatic rings. The van der Waals surface area contributed by atoms with Crippen molar-refractivity contribution in [3.63, 3.8) is 0 Å². The second-order valence-electron chi connectivity index (χ2n) is 10.5. The summed E-state index contributed by atoms with van der Waals surface area (Å²) in [6.07, 6.45) is 1.52. The highest BCUT2D eigenvalue weighted by molar-refractivity contribution is 8.00. The van der Waals surface area contributed by atoms with E-state index in [0.717, 1.165) is 5.56 Å². The maximum Gasteiger partial charge on any atom is 0.272 e. The molecule has 0 spiro atoms. The summed E-state index contributed by atoms with van der Waals surface area (Å²) < 4.78 is 10.9. The van der Waals surface area contributed by atoms with Crippen LogP contribution in [-0.4, -0.2) is 31.9 Å². The molecule has 0 fully saturated rings. The molecule has 0 aliphatic carbocycles. The van der Waals surface area contributed by atoms with Gasteiger partial charge in [-0.15, -0.1) is 11.8 Å². The largest absolute Gasteiger partial charge is 0.497 e. The van der Waals surface area contributed by atoms with Crippen molar-refractivity contribution >= 4 is 70.1 Å². The molecule has 0 saturated heterocycles. The molecular weight excluding hydrogens is 681 g/mol. The van der Waals surface area contributed by atoms with Crippen molar-refractivity contribution in [1.82, 2.24) is 5.32 Å². The molecule has 0 aromatic heterocycles. The van der Waals surface area contributed by atoms with Crippen LogP contribution in [0.2, 0.25) is 10.0 Å². The Labute approximate surface area is 298 Å². The number of hydrogen-bond donors (Lipinski definition) is 3. The third kappa shape index (κ3) is 9.45. The molecule has 248 valence electrons. The molecule has 5 rings (SSSR count). The molecule has 0 radical (unpaired) electrons. The number of rotatable bonds is 12. The van der Waals surface area contributed by atoms with Crippen LogP contribution in [0.1, 0.15) is 26.7 Å². The van der Waals surface area contributed by atoms with Crippen molar-refractivity contribution in [2.24, 2.45) is 0 Å². The van der Waals surface area contributed by atoms with Gasteiger partial charge < -0.3 is 25.4 Å². The second-order valence-corrected chi connectivity index (χ2v) is 12.5. The smallest absolute Gasteiger partial charge is 0.272 e. The molecule has 5 aromatic carbocycles. The predicted octanol–water partition coefficient (Wildman–Crippen LogP) is 8.89. The van der Waals surface area contributed by atoms with Crippen molar-refractivity contribution in [1.29, 1.82) is 0 Å². The minimum absolute atomic E-state index is 0.0293. The highest BCUT2D eigenvalue weighted by atomic mass is 35.5. The molecule has 3 amide bonds. The molecular formula is C38H31Cl2N3O5S. The quantitative estimate of drug-likeness (QED) is 0.0882. The summed E-state index contributed by atoms with van der Waals surface area (Å²) in [6.45, 7) is 0. The maximum absolute atomic E-state index is 13.8. The monoisotopic (exact) mass is 711 g/mol. The van der Waals surface area contributed by atoms with Gasteiger partial charge in [0.15, 0.2) is 0 Å². The second kappa shape index (κ2) is 16.7. The molecule has 1 unspecified atom stereocenters. The Bertz CT molecular complexity index is 1990. The van der Waals surface area contributed by atoms with E-state index in [9.17, 15) is 14.4 Å². The van der Waals surface area contributed by atoms with Crippen LogP contribution in [0.3, 0.4) is 0 Å². The molecule has 11 heteroatoms. The standard InChI is InChI=1S/C38H31Cl2N3O5S/c1-47-29-17-19-34(48-2)26(20-29)21-33(43-36(44)25-12-7-4-8-13-25)37(45)41-28-14-9-15-30(23-28)49-35(24-10-5-3-6-11-24)38(46)42-32-22-27(39)16-18-31(32)40/h3-23,35H,1-2H3,(H,41,45)(H,42,46)(H,43,44)/b33-21+. The third-order valence-corrected chi connectivity index (χ3v) is 8.95. The maximum atomic E-state index is 13.8. The molecule has 8 nitrogen and oxygen atoms in total. The highest BCUT2D eigenvalue weighted by Crippen LogP contribution is 2.38. The van der Waals surface area contributed by atoms with Gasteiger partial charge in [0, 0.05) is 26.7 Å². The topological polar surface area (TPSA) is 106 Å². The van der Waals surface area contributed by atoms with E-state index in [2.05, 4.69) is 16.0 Å². The van der Waals surface area contributed by atoms with Crippen molar-refractivity contribution in [2.45, 2.75) is 10.1 Å². The lowest BCUT2D eigenvalue weighted by Crippen LogP contribution is -2.30. The van der Waals surface area contributed by atoms with Crippen LogP contribution >= 0.6 is 35.0 Å². The Hall–Kier alpha value is -5.22. The lowest BCUT2D eigenvalue weighted by molar-refractivity contribution is -0.116. The molecule has 0 aliphatic rings. The van der Waals surface area contributed by atoms with Crippen LogP contribution in [0.15, 0.2) is 132 Å². The molecule has 49 heavy (non-hydrogen) atoms. The number of anilines is 2. The van der Waals surface area contributed by atoms with Gasteiger partial charge in [-0.3, -0.25) is 14.4 Å². The van der Waals surface area contributed by atoms with Gasteiger partial charge in [-0.05, 0) is 78.4 Å². The summed E-state index contributed by atoms with van der Waals surface area (Å²) >= 11 is 13.8. The number of methoxy groups -OCH3 is 2. The predicted molar refractivity (Wildman–Crippen MR) is 197 cm³/mol. The van der Waals surface area contributed by atoms with Crippen LogP contribution < -0.4 is 25.4 Å². The lowest BCUT2D eigenvalue weighted by atomic mass is 10.1. The molecule has 0 heterocycles. The van der Waals surface area contributed by atoms with Crippen LogP contribution in [0.25, 0.3) is 6.08 Å². The fraction of sp³-hybridized carbons (Fsp3) is 0.0789. The number of thioether (sulfide) groups is 1. The third-order valence-electron chi connectivity index (χ3n) is 7.14. The number of amides is 3. The van der Waals surface area contributed by atoms with E-state index in [1.165, 1.54) is 32.1 Å². The normalized spacial score (nSPS) is 11.6. The fourth-order valence-electron chi connectivity index (χ4n) is 4.72. The molecule has 0 aliphatic heterocycles. The summed E-state index contributed by atoms with van der Waals surface area (Å²) in [5.74, 6) is -0.340. The highest BCUT2D eigenvalue weighted by Gasteiger charge is 2.24. The SMILES string of the molecule is COc1ccc(OC)c(/C=C(/NC(=O)c2ccccc2)C(=O)Nc2cccc(SC(C(=O)Nc3cc(Cl)ccc3Cl)c3ccccc3)c2)c1. The van der Waals surface area contributed by atoms with E-state index in [1.807, 2.05) is 36.4 Å². The molecule has 3 N–H and O–H groups in total. The summed E-state index contributed by atoms with van der Waals surface area (Å²) in [5.41, 5.74) is 2.46. The van der Waals surface area contributed by atoms with Gasteiger partial charge >= 0.3 is 0 Å². The van der Waals surface area contributed by atoms with Crippen LogP contribution in [-0.2, 0) is 9.59 Å². The Kier molecular flexibility index (Phi) is 12.0. The minimum atomic E-state index is -0.677. The summed E-state index contributed by atoms with van der Waals surface area (Å²) in [6, 6.07) is 34.9. The van der Waals surface area contributed by atoms with E-state index in [1.54, 1.807) is 84.9 Å². The lowest BCUT2D eigenvalue weighted by Gasteiger charge is -2.18. The van der Waals surface area contributed by atoms with Crippen molar-refractivity contribution < 1.29 is 23.9 Å². The number of benzene rings is 5. The van der Waals surface area contributed by atoms with E-state index < -0.39 is 17.1 Å². The zero-order valence-corrected chi connectivity index (χ0v) is 28.7. The van der Waals surface area contributed by atoms with Gasteiger partial charge in [-0.1, -0.05) is 77.8 Å². The summed E-state index contributed by atoms with van der Waals surface area (Å²) in [5, 5.41) is 8.63. The van der Waals surface area contributed by atoms with Crippen LogP contribution in [0, 0.1) is 0 Å². The molecule has 0 bridgehead atoms. The first-order valence-electron chi connectivity index (χ1n) is 14.9. The summed E-state index contributed by atoms with van der Waals surface area (Å²) in [7, 11) is 3.04. The number of ether oxygens (including phenoxy) is 2. The fourth-order valence-corrected chi connectivity index (χ4v) is 6.14. The Morgan fingerprint density at radius 2 is 1.49 bits per heavy atom. The van der Waals surface area contributed by atoms with Crippen LogP contribution in [0.5, 0.6) is 11.5 Å². The van der Waals surface area contributed by atoms with Gasteiger partial charge in [0.05, 0.1) is 24.9 Å². The minimum Gasteiger partial charge on any atom is -0.497 e.